The summed E-state index contributed by atoms with van der Waals surface area (Å²) in [4.78, 5) is 19.5. The van der Waals surface area contributed by atoms with Crippen LogP contribution >= 0.6 is 0 Å². The van der Waals surface area contributed by atoms with E-state index in [4.69, 9.17) is 10.00 Å². The number of hydrogen-bond donors (Lipinski definition) is 0. The maximum Gasteiger partial charge on any atom is 0.253 e. The average Bonchev–Trinajstić information content (AvgIpc) is 3.51. The number of carbonyl (C=O) groups excluding carboxylic acids is 1. The largest absolute Gasteiger partial charge is 0.372 e. The number of rotatable bonds is 8. The molecule has 2 aliphatic rings. The zero-order valence-corrected chi connectivity index (χ0v) is 21.6. The summed E-state index contributed by atoms with van der Waals surface area (Å²) in [5.74, 6) is -0.399. The highest BCUT2D eigenvalue weighted by Gasteiger charge is 2.25. The van der Waals surface area contributed by atoms with E-state index in [1.807, 2.05) is 29.2 Å². The zero-order chi connectivity index (χ0) is 26.3. The molecule has 0 radical (unpaired) electrons. The van der Waals surface area contributed by atoms with Crippen LogP contribution in [0.2, 0.25) is 0 Å². The predicted molar refractivity (Wildman–Crippen MR) is 145 cm³/mol. The molecule has 2 fully saturated rings. The predicted octanol–water partition coefficient (Wildman–Crippen LogP) is 5.01. The van der Waals surface area contributed by atoms with Crippen LogP contribution in [-0.4, -0.2) is 61.5 Å². The molecule has 0 aliphatic carbocycles. The fraction of sp³-hybridized carbons (Fsp3) is 0.355. The number of nitriles is 1. The van der Waals surface area contributed by atoms with Crippen LogP contribution in [-0.2, 0) is 11.3 Å². The van der Waals surface area contributed by atoms with Gasteiger partial charge in [-0.1, -0.05) is 24.3 Å². The van der Waals surface area contributed by atoms with Crippen LogP contribution in [0.5, 0.6) is 0 Å². The normalized spacial score (nSPS) is 16.8. The number of piperazine rings is 1. The summed E-state index contributed by atoms with van der Waals surface area (Å²) in [5.41, 5.74) is 4.56. The standard InChI is InChI=1S/C31H33FN4O2/c32-28-12-10-26(11-13-28)31(37)36-18-16-34(17-19-36)22-30(38-23-25-8-6-24(21-33)7-9-25)27-4-3-5-29(20-27)35-14-1-2-15-35/h3-13,20,30H,1-2,14-19,22-23H2. The van der Waals surface area contributed by atoms with Gasteiger partial charge in [0.2, 0.25) is 0 Å². The molecule has 0 N–H and O–H groups in total. The fourth-order valence-electron chi connectivity index (χ4n) is 5.17. The molecule has 38 heavy (non-hydrogen) atoms. The highest BCUT2D eigenvalue weighted by molar-refractivity contribution is 5.94. The number of nitrogens with zero attached hydrogens (tertiary/aromatic N) is 4. The van der Waals surface area contributed by atoms with Gasteiger partial charge in [0.25, 0.3) is 5.91 Å². The number of anilines is 1. The van der Waals surface area contributed by atoms with Gasteiger partial charge < -0.3 is 14.5 Å². The molecule has 0 bridgehead atoms. The third kappa shape index (κ3) is 6.39. The van der Waals surface area contributed by atoms with E-state index in [0.29, 0.717) is 30.8 Å². The summed E-state index contributed by atoms with van der Waals surface area (Å²) in [6, 6.07) is 24.1. The van der Waals surface area contributed by atoms with Gasteiger partial charge in [0, 0.05) is 57.1 Å². The van der Waals surface area contributed by atoms with Gasteiger partial charge in [0.1, 0.15) is 5.82 Å². The summed E-state index contributed by atoms with van der Waals surface area (Å²) in [7, 11) is 0. The van der Waals surface area contributed by atoms with Crippen LogP contribution in [0.25, 0.3) is 0 Å². The first-order valence-corrected chi connectivity index (χ1v) is 13.3. The third-order valence-corrected chi connectivity index (χ3v) is 7.42. The number of halogens is 1. The van der Waals surface area contributed by atoms with Gasteiger partial charge in [0.15, 0.2) is 0 Å². The lowest BCUT2D eigenvalue weighted by Gasteiger charge is -2.36. The first kappa shape index (κ1) is 25.9. The van der Waals surface area contributed by atoms with Crippen molar-refractivity contribution in [2.75, 3.05) is 50.7 Å². The van der Waals surface area contributed by atoms with Crippen LogP contribution in [0.1, 0.15) is 46.0 Å². The first-order valence-electron chi connectivity index (χ1n) is 13.3. The Morgan fingerprint density at radius 2 is 1.63 bits per heavy atom. The zero-order valence-electron chi connectivity index (χ0n) is 21.6. The van der Waals surface area contributed by atoms with Crippen molar-refractivity contribution in [3.63, 3.8) is 0 Å². The lowest BCUT2D eigenvalue weighted by molar-refractivity contribution is 0.00344. The van der Waals surface area contributed by atoms with Crippen LogP contribution in [0.3, 0.4) is 0 Å². The number of hydrogen-bond acceptors (Lipinski definition) is 5. The molecule has 5 rings (SSSR count). The summed E-state index contributed by atoms with van der Waals surface area (Å²) < 4.78 is 19.8. The molecule has 3 aromatic rings. The third-order valence-electron chi connectivity index (χ3n) is 7.42. The smallest absolute Gasteiger partial charge is 0.253 e. The van der Waals surface area contributed by atoms with Crippen molar-refractivity contribution in [3.8, 4) is 6.07 Å². The summed E-state index contributed by atoms with van der Waals surface area (Å²) >= 11 is 0. The van der Waals surface area contributed by atoms with E-state index in [2.05, 4.69) is 40.1 Å². The summed E-state index contributed by atoms with van der Waals surface area (Å²) in [5, 5.41) is 9.09. The quantitative estimate of drug-likeness (QED) is 0.425. The molecule has 6 nitrogen and oxygen atoms in total. The molecule has 3 aromatic carbocycles. The van der Waals surface area contributed by atoms with Crippen molar-refractivity contribution in [1.82, 2.24) is 9.80 Å². The Bertz CT molecular complexity index is 1260. The highest BCUT2D eigenvalue weighted by atomic mass is 19.1. The lowest BCUT2D eigenvalue weighted by atomic mass is 10.1. The van der Waals surface area contributed by atoms with Crippen molar-refractivity contribution >= 4 is 11.6 Å². The topological polar surface area (TPSA) is 59.8 Å². The van der Waals surface area contributed by atoms with E-state index in [-0.39, 0.29) is 17.8 Å². The molecule has 2 aliphatic heterocycles. The van der Waals surface area contributed by atoms with Gasteiger partial charge in [-0.25, -0.2) is 4.39 Å². The SMILES string of the molecule is N#Cc1ccc(COC(CN2CCN(C(=O)c3ccc(F)cc3)CC2)c2cccc(N3CCCC3)c2)cc1. The molecule has 1 amide bonds. The second-order valence-electron chi connectivity index (χ2n) is 10.00. The van der Waals surface area contributed by atoms with Gasteiger partial charge in [-0.3, -0.25) is 9.69 Å². The van der Waals surface area contributed by atoms with Crippen LogP contribution in [0.15, 0.2) is 72.8 Å². The minimum Gasteiger partial charge on any atom is -0.372 e. The van der Waals surface area contributed by atoms with Gasteiger partial charge in [-0.2, -0.15) is 5.26 Å². The summed E-state index contributed by atoms with van der Waals surface area (Å²) in [6.07, 6.45) is 2.32. The average molecular weight is 513 g/mol. The molecule has 0 aromatic heterocycles. The van der Waals surface area contributed by atoms with Gasteiger partial charge in [0.05, 0.1) is 24.3 Å². The maximum atomic E-state index is 13.3. The minimum atomic E-state index is -0.341. The van der Waals surface area contributed by atoms with E-state index < -0.39 is 0 Å². The van der Waals surface area contributed by atoms with Crippen molar-refractivity contribution in [3.05, 3.63) is 101 Å². The first-order chi connectivity index (χ1) is 18.6. The van der Waals surface area contributed by atoms with E-state index in [0.717, 1.165) is 43.9 Å². The van der Waals surface area contributed by atoms with Crippen molar-refractivity contribution in [2.45, 2.75) is 25.6 Å². The second kappa shape index (κ2) is 12.2. The molecule has 2 saturated heterocycles. The van der Waals surface area contributed by atoms with E-state index >= 15 is 0 Å². The van der Waals surface area contributed by atoms with Gasteiger partial charge >= 0.3 is 0 Å². The Labute approximate surface area is 223 Å². The molecule has 2 heterocycles. The van der Waals surface area contributed by atoms with Crippen molar-refractivity contribution in [1.29, 1.82) is 5.26 Å². The second-order valence-corrected chi connectivity index (χ2v) is 10.00. The number of amides is 1. The number of benzene rings is 3. The lowest BCUT2D eigenvalue weighted by Crippen LogP contribution is -2.49. The molecule has 1 atom stereocenters. The Hall–Kier alpha value is -3.73. The number of carbonyl (C=O) groups is 1. The molecule has 7 heteroatoms. The fourth-order valence-corrected chi connectivity index (χ4v) is 5.17. The molecule has 0 spiro atoms. The molecule has 196 valence electrons. The highest BCUT2D eigenvalue weighted by Crippen LogP contribution is 2.28. The summed E-state index contributed by atoms with van der Waals surface area (Å²) in [6.45, 7) is 6.07. The van der Waals surface area contributed by atoms with Crippen molar-refractivity contribution < 1.29 is 13.9 Å². The molecule has 1 unspecified atom stereocenters. The van der Waals surface area contributed by atoms with Crippen LogP contribution < -0.4 is 4.90 Å². The van der Waals surface area contributed by atoms with E-state index in [1.165, 1.54) is 30.7 Å². The van der Waals surface area contributed by atoms with Gasteiger partial charge in [-0.05, 0) is 72.5 Å². The maximum absolute atomic E-state index is 13.3. The minimum absolute atomic E-state index is 0.0587. The van der Waals surface area contributed by atoms with Crippen LogP contribution in [0, 0.1) is 17.1 Å². The van der Waals surface area contributed by atoms with E-state index in [9.17, 15) is 9.18 Å². The molecular formula is C31H33FN4O2. The molecule has 0 saturated carbocycles. The Morgan fingerprint density at radius 1 is 0.921 bits per heavy atom. The van der Waals surface area contributed by atoms with Crippen molar-refractivity contribution in [2.24, 2.45) is 0 Å². The van der Waals surface area contributed by atoms with E-state index in [1.54, 1.807) is 12.1 Å². The van der Waals surface area contributed by atoms with Crippen LogP contribution in [0.4, 0.5) is 10.1 Å². The Balaban J connectivity index is 1.26. The molecular weight excluding hydrogens is 479 g/mol. The monoisotopic (exact) mass is 512 g/mol. The Kier molecular flexibility index (Phi) is 8.32. The van der Waals surface area contributed by atoms with Gasteiger partial charge in [-0.15, -0.1) is 0 Å². The number of ether oxygens (including phenoxy) is 1. The Morgan fingerprint density at radius 3 is 2.32 bits per heavy atom.